The molecule has 0 aliphatic heterocycles. The summed E-state index contributed by atoms with van der Waals surface area (Å²) >= 11 is 0. The molecule has 0 saturated heterocycles. The molecular weight excluding hydrogens is 433 g/mol. The molecule has 0 spiro atoms. The lowest BCUT2D eigenvalue weighted by Crippen LogP contribution is -2.31. The summed E-state index contributed by atoms with van der Waals surface area (Å²) in [5.74, 6) is 0. The standard InChI is InChI=1S/C30H34N3P/c1-3-33(4-2)34(27-19-11-17-25(29(27)31)21-23-13-7-5-8-14-23)28-20-12-18-26(30(28)32)22-24-15-9-6-10-16-24/h5-20H,3-4,21-22,31-32H2,1-2H3. The van der Waals surface area contributed by atoms with E-state index in [1.165, 1.54) is 32.9 Å². The highest BCUT2D eigenvalue weighted by Crippen LogP contribution is 2.43. The second-order valence-electron chi connectivity index (χ2n) is 8.48. The number of hydrogen-bond acceptors (Lipinski definition) is 3. The number of para-hydroxylation sites is 2. The fourth-order valence-corrected chi connectivity index (χ4v) is 7.08. The highest BCUT2D eigenvalue weighted by atomic mass is 31.1. The monoisotopic (exact) mass is 467 g/mol. The molecule has 3 nitrogen and oxygen atoms in total. The van der Waals surface area contributed by atoms with Crippen LogP contribution in [0.4, 0.5) is 11.4 Å². The minimum absolute atomic E-state index is 0.825. The molecule has 4 aromatic carbocycles. The van der Waals surface area contributed by atoms with Crippen LogP contribution in [-0.2, 0) is 12.8 Å². The van der Waals surface area contributed by atoms with E-state index in [-0.39, 0.29) is 0 Å². The van der Waals surface area contributed by atoms with Crippen molar-refractivity contribution in [2.75, 3.05) is 24.6 Å². The Morgan fingerprint density at radius 1 is 0.559 bits per heavy atom. The summed E-state index contributed by atoms with van der Waals surface area (Å²) in [6, 6.07) is 34.0. The van der Waals surface area contributed by atoms with Crippen LogP contribution in [0.1, 0.15) is 36.1 Å². The zero-order valence-corrected chi connectivity index (χ0v) is 21.0. The maximum atomic E-state index is 6.88. The molecule has 0 aliphatic carbocycles. The van der Waals surface area contributed by atoms with Crippen LogP contribution in [0.25, 0.3) is 0 Å². The van der Waals surface area contributed by atoms with Crippen molar-refractivity contribution in [3.05, 3.63) is 119 Å². The van der Waals surface area contributed by atoms with E-state index < -0.39 is 8.07 Å². The number of nitrogens with zero attached hydrogens (tertiary/aromatic N) is 1. The van der Waals surface area contributed by atoms with E-state index in [1.54, 1.807) is 0 Å². The first kappa shape index (κ1) is 24.0. The highest BCUT2D eigenvalue weighted by Gasteiger charge is 2.26. The third-order valence-electron chi connectivity index (χ3n) is 6.29. The van der Waals surface area contributed by atoms with Gasteiger partial charge in [-0.3, -0.25) is 4.67 Å². The van der Waals surface area contributed by atoms with Crippen LogP contribution in [0.15, 0.2) is 97.1 Å². The third kappa shape index (κ3) is 5.33. The first-order chi connectivity index (χ1) is 16.6. The van der Waals surface area contributed by atoms with Gasteiger partial charge in [-0.2, -0.15) is 0 Å². The van der Waals surface area contributed by atoms with Crippen LogP contribution >= 0.6 is 8.07 Å². The van der Waals surface area contributed by atoms with E-state index in [0.29, 0.717) is 0 Å². The van der Waals surface area contributed by atoms with Crippen molar-refractivity contribution >= 4 is 30.1 Å². The number of benzene rings is 4. The number of nitrogen functional groups attached to an aromatic ring is 2. The maximum absolute atomic E-state index is 6.88. The van der Waals surface area contributed by atoms with Gasteiger partial charge in [0, 0.05) is 30.1 Å². The van der Waals surface area contributed by atoms with Gasteiger partial charge >= 0.3 is 0 Å². The average molecular weight is 468 g/mol. The molecule has 0 amide bonds. The quantitative estimate of drug-likeness (QED) is 0.244. The van der Waals surface area contributed by atoms with Crippen molar-refractivity contribution in [3.8, 4) is 0 Å². The van der Waals surface area contributed by atoms with Crippen LogP contribution in [0.5, 0.6) is 0 Å². The second kappa shape index (κ2) is 11.3. The van der Waals surface area contributed by atoms with E-state index in [4.69, 9.17) is 11.5 Å². The number of rotatable bonds is 9. The summed E-state index contributed by atoms with van der Waals surface area (Å²) in [4.78, 5) is 0. The molecule has 4 rings (SSSR count). The summed E-state index contributed by atoms with van der Waals surface area (Å²) in [5, 5.41) is 2.38. The third-order valence-corrected chi connectivity index (χ3v) is 9.11. The molecule has 4 aromatic rings. The molecule has 174 valence electrons. The van der Waals surface area contributed by atoms with Crippen molar-refractivity contribution in [1.29, 1.82) is 0 Å². The molecule has 0 bridgehead atoms. The Morgan fingerprint density at radius 2 is 0.971 bits per heavy atom. The van der Waals surface area contributed by atoms with Crippen molar-refractivity contribution < 1.29 is 0 Å². The van der Waals surface area contributed by atoms with Gasteiger partial charge in [-0.25, -0.2) is 0 Å². The zero-order valence-electron chi connectivity index (χ0n) is 20.1. The molecule has 34 heavy (non-hydrogen) atoms. The van der Waals surface area contributed by atoms with Gasteiger partial charge in [0.25, 0.3) is 0 Å². The normalized spacial score (nSPS) is 11.3. The van der Waals surface area contributed by atoms with Gasteiger partial charge in [-0.1, -0.05) is 111 Å². The van der Waals surface area contributed by atoms with Crippen LogP contribution < -0.4 is 22.1 Å². The minimum atomic E-state index is -0.854. The predicted molar refractivity (Wildman–Crippen MR) is 149 cm³/mol. The van der Waals surface area contributed by atoms with Crippen molar-refractivity contribution in [2.24, 2.45) is 0 Å². The zero-order chi connectivity index (χ0) is 23.9. The van der Waals surface area contributed by atoms with Gasteiger partial charge in [0.2, 0.25) is 0 Å². The van der Waals surface area contributed by atoms with E-state index in [9.17, 15) is 0 Å². The summed E-state index contributed by atoms with van der Waals surface area (Å²) in [6.45, 7) is 6.31. The Hall–Kier alpha value is -3.13. The molecule has 0 fully saturated rings. The van der Waals surface area contributed by atoms with Gasteiger partial charge in [-0.15, -0.1) is 0 Å². The lowest BCUT2D eigenvalue weighted by molar-refractivity contribution is 0.514. The lowest BCUT2D eigenvalue weighted by Gasteiger charge is -2.33. The first-order valence-corrected chi connectivity index (χ1v) is 13.3. The summed E-state index contributed by atoms with van der Waals surface area (Å²) < 4.78 is 2.51. The molecule has 0 heterocycles. The van der Waals surface area contributed by atoms with E-state index in [2.05, 4.69) is 103 Å². The average Bonchev–Trinajstić information content (AvgIpc) is 2.87. The molecule has 0 radical (unpaired) electrons. The molecule has 0 saturated carbocycles. The first-order valence-electron chi connectivity index (χ1n) is 12.0. The van der Waals surface area contributed by atoms with Gasteiger partial charge in [0.15, 0.2) is 0 Å². The fourth-order valence-electron chi connectivity index (χ4n) is 4.45. The summed E-state index contributed by atoms with van der Waals surface area (Å²) in [7, 11) is -0.854. The van der Waals surface area contributed by atoms with Gasteiger partial charge < -0.3 is 11.5 Å². The van der Waals surface area contributed by atoms with Crippen LogP contribution in [-0.4, -0.2) is 17.8 Å². The number of anilines is 2. The van der Waals surface area contributed by atoms with E-state index in [0.717, 1.165) is 37.3 Å². The second-order valence-corrected chi connectivity index (χ2v) is 10.6. The summed E-state index contributed by atoms with van der Waals surface area (Å²) in [5.41, 5.74) is 20.4. The highest BCUT2D eigenvalue weighted by molar-refractivity contribution is 7.71. The fraction of sp³-hybridized carbons (Fsp3) is 0.200. The van der Waals surface area contributed by atoms with Crippen LogP contribution in [0.3, 0.4) is 0 Å². The van der Waals surface area contributed by atoms with Gasteiger partial charge in [-0.05, 0) is 48.2 Å². The molecule has 0 atom stereocenters. The van der Waals surface area contributed by atoms with Gasteiger partial charge in [0.1, 0.15) is 0 Å². The van der Waals surface area contributed by atoms with E-state index in [1.807, 2.05) is 12.1 Å². The molecular formula is C30H34N3P. The minimum Gasteiger partial charge on any atom is -0.398 e. The Bertz CT molecular complexity index is 1110. The topological polar surface area (TPSA) is 55.3 Å². The van der Waals surface area contributed by atoms with Crippen LogP contribution in [0.2, 0.25) is 0 Å². The maximum Gasteiger partial charge on any atom is 0.0444 e. The molecule has 0 unspecified atom stereocenters. The van der Waals surface area contributed by atoms with Crippen molar-refractivity contribution in [1.82, 2.24) is 4.67 Å². The number of nitrogens with two attached hydrogens (primary N) is 2. The number of hydrogen-bond donors (Lipinski definition) is 2. The Balaban J connectivity index is 1.77. The largest absolute Gasteiger partial charge is 0.398 e. The molecule has 0 aromatic heterocycles. The smallest absolute Gasteiger partial charge is 0.0444 e. The molecule has 0 aliphatic rings. The van der Waals surface area contributed by atoms with Crippen molar-refractivity contribution in [2.45, 2.75) is 26.7 Å². The molecule has 4 N–H and O–H groups in total. The Morgan fingerprint density at radius 3 is 1.35 bits per heavy atom. The van der Waals surface area contributed by atoms with Crippen LogP contribution in [0, 0.1) is 0 Å². The van der Waals surface area contributed by atoms with Gasteiger partial charge in [0.05, 0.1) is 0 Å². The summed E-state index contributed by atoms with van der Waals surface area (Å²) in [6.07, 6.45) is 1.65. The Kier molecular flexibility index (Phi) is 8.00. The molecule has 4 heteroatoms. The SMILES string of the molecule is CCN(CC)P(c1cccc(Cc2ccccc2)c1N)c1cccc(Cc2ccccc2)c1N. The van der Waals surface area contributed by atoms with E-state index >= 15 is 0 Å². The Labute approximate surface area is 205 Å². The lowest BCUT2D eigenvalue weighted by atomic mass is 10.0. The van der Waals surface area contributed by atoms with Crippen molar-refractivity contribution in [3.63, 3.8) is 0 Å². The predicted octanol–water partition coefficient (Wildman–Crippen LogP) is 5.72.